The number of anilines is 1. The Balaban J connectivity index is 1.37. The van der Waals surface area contributed by atoms with Crippen LogP contribution in [0.4, 0.5) is 19.0 Å². The fourth-order valence-corrected chi connectivity index (χ4v) is 3.93. The molecular weight excluding hydrogens is 365 g/mol. The summed E-state index contributed by atoms with van der Waals surface area (Å²) >= 11 is 0. The summed E-state index contributed by atoms with van der Waals surface area (Å²) < 4.78 is 39.6. The SMILES string of the molecule is CN(c1ccnc(C2CC2)n1)C1CCN(Cc2ccccc2C(F)(F)F)CC1. The van der Waals surface area contributed by atoms with Gasteiger partial charge in [0, 0.05) is 44.8 Å². The van der Waals surface area contributed by atoms with Gasteiger partial charge in [0.2, 0.25) is 0 Å². The second kappa shape index (κ2) is 7.70. The second-order valence-electron chi connectivity index (χ2n) is 7.82. The zero-order chi connectivity index (χ0) is 19.7. The van der Waals surface area contributed by atoms with Crippen molar-refractivity contribution in [3.8, 4) is 0 Å². The van der Waals surface area contributed by atoms with E-state index in [2.05, 4.69) is 21.8 Å². The molecule has 0 atom stereocenters. The Morgan fingerprint density at radius 3 is 2.46 bits per heavy atom. The predicted octanol–water partition coefficient (Wildman–Crippen LogP) is 4.47. The van der Waals surface area contributed by atoms with E-state index in [0.717, 1.165) is 37.6 Å². The van der Waals surface area contributed by atoms with Gasteiger partial charge >= 0.3 is 6.18 Å². The van der Waals surface area contributed by atoms with Crippen molar-refractivity contribution in [2.45, 2.75) is 50.4 Å². The van der Waals surface area contributed by atoms with Crippen LogP contribution in [0.15, 0.2) is 36.5 Å². The Labute approximate surface area is 163 Å². The number of halogens is 3. The van der Waals surface area contributed by atoms with E-state index in [9.17, 15) is 13.2 Å². The molecule has 7 heteroatoms. The molecule has 0 N–H and O–H groups in total. The molecule has 2 aromatic rings. The van der Waals surface area contributed by atoms with Crippen LogP contribution in [-0.2, 0) is 12.7 Å². The standard InChI is InChI=1S/C21H25F3N4/c1-27(19-8-11-25-20(26-19)15-6-7-15)17-9-12-28(13-10-17)14-16-4-2-3-5-18(16)21(22,23)24/h2-5,8,11,15,17H,6-7,9-10,12-14H2,1H3. The molecule has 1 saturated heterocycles. The lowest BCUT2D eigenvalue weighted by molar-refractivity contribution is -0.138. The minimum atomic E-state index is -4.30. The van der Waals surface area contributed by atoms with Gasteiger partial charge in [-0.3, -0.25) is 4.90 Å². The Hall–Kier alpha value is -2.15. The monoisotopic (exact) mass is 390 g/mol. The van der Waals surface area contributed by atoms with Crippen molar-refractivity contribution in [2.75, 3.05) is 25.0 Å². The minimum Gasteiger partial charge on any atom is -0.356 e. The van der Waals surface area contributed by atoms with Crippen molar-refractivity contribution in [3.63, 3.8) is 0 Å². The topological polar surface area (TPSA) is 32.3 Å². The van der Waals surface area contributed by atoms with Crippen LogP contribution in [0, 0.1) is 0 Å². The number of rotatable bonds is 5. The third-order valence-corrected chi connectivity index (χ3v) is 5.78. The normalized spacial score (nSPS) is 19.0. The largest absolute Gasteiger partial charge is 0.416 e. The van der Waals surface area contributed by atoms with Gasteiger partial charge in [-0.05, 0) is 43.4 Å². The first kappa shape index (κ1) is 19.2. The smallest absolute Gasteiger partial charge is 0.356 e. The summed E-state index contributed by atoms with van der Waals surface area (Å²) in [7, 11) is 2.05. The summed E-state index contributed by atoms with van der Waals surface area (Å²) in [5.41, 5.74) is -0.172. The van der Waals surface area contributed by atoms with E-state index in [0.29, 0.717) is 24.1 Å². The average Bonchev–Trinajstić information content (AvgIpc) is 3.53. The molecule has 1 aliphatic heterocycles. The first-order valence-corrected chi connectivity index (χ1v) is 9.85. The Kier molecular flexibility index (Phi) is 5.27. The fraction of sp³-hybridized carbons (Fsp3) is 0.524. The van der Waals surface area contributed by atoms with Gasteiger partial charge in [0.25, 0.3) is 0 Å². The average molecular weight is 390 g/mol. The van der Waals surface area contributed by atoms with Crippen molar-refractivity contribution < 1.29 is 13.2 Å². The maximum atomic E-state index is 13.2. The predicted molar refractivity (Wildman–Crippen MR) is 102 cm³/mol. The number of likely N-dealkylation sites (tertiary alicyclic amines) is 1. The zero-order valence-corrected chi connectivity index (χ0v) is 16.0. The molecule has 0 radical (unpaired) electrons. The summed E-state index contributed by atoms with van der Waals surface area (Å²) in [6.07, 6.45) is 1.69. The Morgan fingerprint density at radius 2 is 1.79 bits per heavy atom. The van der Waals surface area contributed by atoms with Crippen LogP contribution < -0.4 is 4.90 Å². The molecule has 1 saturated carbocycles. The quantitative estimate of drug-likeness (QED) is 0.754. The molecule has 0 amide bonds. The molecule has 2 aliphatic rings. The highest BCUT2D eigenvalue weighted by Gasteiger charge is 2.34. The van der Waals surface area contributed by atoms with Gasteiger partial charge in [-0.15, -0.1) is 0 Å². The van der Waals surface area contributed by atoms with E-state index in [-0.39, 0.29) is 0 Å². The molecule has 4 rings (SSSR count). The van der Waals surface area contributed by atoms with Gasteiger partial charge in [-0.25, -0.2) is 9.97 Å². The molecule has 2 heterocycles. The molecule has 0 bridgehead atoms. The van der Waals surface area contributed by atoms with Gasteiger partial charge in [0.15, 0.2) is 0 Å². The van der Waals surface area contributed by atoms with Gasteiger partial charge in [-0.2, -0.15) is 13.2 Å². The van der Waals surface area contributed by atoms with Crippen molar-refractivity contribution >= 4 is 5.82 Å². The number of piperidine rings is 1. The number of nitrogens with zero attached hydrogens (tertiary/aromatic N) is 4. The molecule has 0 unspecified atom stereocenters. The van der Waals surface area contributed by atoms with Crippen LogP contribution in [0.25, 0.3) is 0 Å². The lowest BCUT2D eigenvalue weighted by atomic mass is 10.0. The van der Waals surface area contributed by atoms with Crippen LogP contribution >= 0.6 is 0 Å². The van der Waals surface area contributed by atoms with Crippen molar-refractivity contribution in [2.24, 2.45) is 0 Å². The van der Waals surface area contributed by atoms with E-state index in [1.54, 1.807) is 12.1 Å². The van der Waals surface area contributed by atoms with Gasteiger partial charge in [0.1, 0.15) is 11.6 Å². The van der Waals surface area contributed by atoms with Gasteiger partial charge in [0.05, 0.1) is 5.56 Å². The molecule has 1 aliphatic carbocycles. The Bertz CT molecular complexity index is 811. The van der Waals surface area contributed by atoms with E-state index in [1.165, 1.54) is 25.0 Å². The highest BCUT2D eigenvalue weighted by atomic mass is 19.4. The lowest BCUT2D eigenvalue weighted by Crippen LogP contribution is -2.43. The van der Waals surface area contributed by atoms with Crippen LogP contribution in [0.2, 0.25) is 0 Å². The summed E-state index contributed by atoms with van der Waals surface area (Å²) in [5.74, 6) is 2.40. The summed E-state index contributed by atoms with van der Waals surface area (Å²) in [4.78, 5) is 13.4. The van der Waals surface area contributed by atoms with Gasteiger partial charge in [-0.1, -0.05) is 18.2 Å². The molecule has 1 aromatic heterocycles. The maximum Gasteiger partial charge on any atom is 0.416 e. The molecule has 150 valence electrons. The third kappa shape index (κ3) is 4.29. The Morgan fingerprint density at radius 1 is 1.07 bits per heavy atom. The summed E-state index contributed by atoms with van der Waals surface area (Å²) in [5, 5.41) is 0. The first-order chi connectivity index (χ1) is 13.4. The van der Waals surface area contributed by atoms with Crippen LogP contribution in [0.3, 0.4) is 0 Å². The first-order valence-electron chi connectivity index (χ1n) is 9.85. The van der Waals surface area contributed by atoms with E-state index >= 15 is 0 Å². The molecular formula is C21H25F3N4. The second-order valence-corrected chi connectivity index (χ2v) is 7.82. The number of hydrogen-bond donors (Lipinski definition) is 0. The zero-order valence-electron chi connectivity index (χ0n) is 16.0. The number of benzene rings is 1. The molecule has 4 nitrogen and oxygen atoms in total. The lowest BCUT2D eigenvalue weighted by Gasteiger charge is -2.37. The van der Waals surface area contributed by atoms with Crippen LogP contribution in [0.1, 0.15) is 48.6 Å². The molecule has 0 spiro atoms. The third-order valence-electron chi connectivity index (χ3n) is 5.78. The summed E-state index contributed by atoms with van der Waals surface area (Å²) in [6.45, 7) is 1.90. The van der Waals surface area contributed by atoms with Gasteiger partial charge < -0.3 is 4.90 Å². The highest BCUT2D eigenvalue weighted by Crippen LogP contribution is 2.38. The minimum absolute atomic E-state index is 0.339. The van der Waals surface area contributed by atoms with E-state index in [4.69, 9.17) is 4.98 Å². The maximum absolute atomic E-state index is 13.2. The van der Waals surface area contributed by atoms with Crippen LogP contribution in [0.5, 0.6) is 0 Å². The number of hydrogen-bond acceptors (Lipinski definition) is 4. The van der Waals surface area contributed by atoms with Crippen LogP contribution in [-0.4, -0.2) is 41.0 Å². The van der Waals surface area contributed by atoms with Crippen molar-refractivity contribution in [1.29, 1.82) is 0 Å². The van der Waals surface area contributed by atoms with E-state index < -0.39 is 11.7 Å². The van der Waals surface area contributed by atoms with Crippen molar-refractivity contribution in [3.05, 3.63) is 53.5 Å². The number of alkyl halides is 3. The van der Waals surface area contributed by atoms with E-state index in [1.807, 2.05) is 12.3 Å². The molecule has 1 aromatic carbocycles. The molecule has 28 heavy (non-hydrogen) atoms. The summed E-state index contributed by atoms with van der Waals surface area (Å²) in [6, 6.07) is 8.17. The number of aromatic nitrogens is 2. The molecule has 2 fully saturated rings. The highest BCUT2D eigenvalue weighted by molar-refractivity contribution is 5.38. The fourth-order valence-electron chi connectivity index (χ4n) is 3.93. The van der Waals surface area contributed by atoms with Crippen molar-refractivity contribution in [1.82, 2.24) is 14.9 Å².